The molecule has 0 saturated carbocycles. The Hall–Kier alpha value is -1.86. The highest BCUT2D eigenvalue weighted by atomic mass is 28.3. The van der Waals surface area contributed by atoms with Crippen LogP contribution in [-0.2, 0) is 12.8 Å². The molecule has 0 nitrogen and oxygen atoms in total. The number of benzene rings is 3. The first-order chi connectivity index (χ1) is 11.6. The molecule has 4 rings (SSSR count). The number of hydrogen-bond acceptors (Lipinski definition) is 0. The van der Waals surface area contributed by atoms with Gasteiger partial charge in [0, 0.05) is 0 Å². The average Bonchev–Trinajstić information content (AvgIpc) is 2.60. The monoisotopic (exact) mass is 330 g/mol. The van der Waals surface area contributed by atoms with Crippen LogP contribution in [0.4, 0.5) is 0 Å². The number of rotatable bonds is 2. The second-order valence-corrected chi connectivity index (χ2v) is 13.1. The molecule has 24 heavy (non-hydrogen) atoms. The lowest BCUT2D eigenvalue weighted by Gasteiger charge is -2.30. The van der Waals surface area contributed by atoms with Crippen molar-refractivity contribution in [2.24, 2.45) is 0 Å². The quantitative estimate of drug-likeness (QED) is 0.511. The lowest BCUT2D eigenvalue weighted by molar-refractivity contribution is 0.691. The van der Waals surface area contributed by atoms with Crippen LogP contribution in [0.1, 0.15) is 24.0 Å². The lowest BCUT2D eigenvalue weighted by Crippen LogP contribution is -2.40. The molecule has 3 aromatic rings. The minimum Gasteiger partial charge on any atom is -0.0656 e. The smallest absolute Gasteiger partial charge is 0.0656 e. The highest BCUT2D eigenvalue weighted by molar-refractivity contribution is 6.91. The van der Waals surface area contributed by atoms with Crippen LogP contribution in [0.2, 0.25) is 19.6 Å². The van der Waals surface area contributed by atoms with Crippen LogP contribution < -0.4 is 5.19 Å². The van der Waals surface area contributed by atoms with Crippen LogP contribution in [0.25, 0.3) is 21.9 Å². The average molecular weight is 331 g/mol. The molecular formula is C23H26Si. The van der Waals surface area contributed by atoms with Gasteiger partial charge >= 0.3 is 0 Å². The summed E-state index contributed by atoms with van der Waals surface area (Å²) in [4.78, 5) is 0. The predicted molar refractivity (Wildman–Crippen MR) is 109 cm³/mol. The van der Waals surface area contributed by atoms with E-state index in [2.05, 4.69) is 74.2 Å². The second-order valence-electron chi connectivity index (χ2n) is 8.08. The Morgan fingerprint density at radius 1 is 0.667 bits per heavy atom. The molecule has 0 radical (unpaired) electrons. The van der Waals surface area contributed by atoms with E-state index in [0.29, 0.717) is 0 Å². The molecule has 0 aliphatic heterocycles. The van der Waals surface area contributed by atoms with Gasteiger partial charge in [-0.25, -0.2) is 0 Å². The minimum absolute atomic E-state index is 1.24. The largest absolute Gasteiger partial charge is 0.0792 e. The van der Waals surface area contributed by atoms with Crippen molar-refractivity contribution in [1.29, 1.82) is 0 Å². The number of aryl methyl sites for hydroxylation is 1. The Labute approximate surface area is 146 Å². The van der Waals surface area contributed by atoms with E-state index in [9.17, 15) is 0 Å². The van der Waals surface area contributed by atoms with Gasteiger partial charge in [-0.3, -0.25) is 0 Å². The number of fused-ring (bicyclic) bond motifs is 3. The third-order valence-electron chi connectivity index (χ3n) is 5.35. The first kappa shape index (κ1) is 15.7. The molecule has 0 saturated heterocycles. The fourth-order valence-electron chi connectivity index (χ4n) is 4.43. The van der Waals surface area contributed by atoms with E-state index in [4.69, 9.17) is 0 Å². The fraction of sp³-hybridized carbons (Fsp3) is 0.304. The van der Waals surface area contributed by atoms with Gasteiger partial charge < -0.3 is 0 Å². The molecule has 122 valence electrons. The molecule has 0 spiro atoms. The molecular weight excluding hydrogens is 304 g/mol. The Morgan fingerprint density at radius 2 is 1.25 bits per heavy atom. The summed E-state index contributed by atoms with van der Waals surface area (Å²) in [5.74, 6) is 0. The van der Waals surface area contributed by atoms with Gasteiger partial charge in [0.1, 0.15) is 0 Å². The molecule has 0 unspecified atom stereocenters. The summed E-state index contributed by atoms with van der Waals surface area (Å²) in [5, 5.41) is 4.69. The van der Waals surface area contributed by atoms with Crippen molar-refractivity contribution in [3.63, 3.8) is 0 Å². The molecule has 0 amide bonds. The summed E-state index contributed by atoms with van der Waals surface area (Å²) in [6.07, 6.45) is 5.14. The van der Waals surface area contributed by atoms with Gasteiger partial charge in [0.15, 0.2) is 0 Å². The zero-order valence-corrected chi connectivity index (χ0v) is 16.0. The van der Waals surface area contributed by atoms with Gasteiger partial charge in [0.2, 0.25) is 0 Å². The molecule has 1 aliphatic carbocycles. The van der Waals surface area contributed by atoms with Gasteiger partial charge in [-0.2, -0.15) is 0 Å². The first-order valence-electron chi connectivity index (χ1n) is 9.20. The van der Waals surface area contributed by atoms with Crippen LogP contribution in [0.3, 0.4) is 0 Å². The molecule has 3 aromatic carbocycles. The molecule has 0 atom stereocenters. The van der Waals surface area contributed by atoms with E-state index < -0.39 is 8.07 Å². The second kappa shape index (κ2) is 5.89. The van der Waals surface area contributed by atoms with Crippen LogP contribution in [0, 0.1) is 0 Å². The zero-order valence-electron chi connectivity index (χ0n) is 15.0. The van der Waals surface area contributed by atoms with Crippen molar-refractivity contribution in [2.75, 3.05) is 0 Å². The maximum Gasteiger partial charge on any atom is 0.0792 e. The summed E-state index contributed by atoms with van der Waals surface area (Å²) in [5.41, 5.74) is 6.25. The summed E-state index contributed by atoms with van der Waals surface area (Å²) in [7, 11) is -1.48. The van der Waals surface area contributed by atoms with Gasteiger partial charge in [0.05, 0.1) is 8.07 Å². The Bertz CT molecular complexity index is 885. The summed E-state index contributed by atoms with van der Waals surface area (Å²) < 4.78 is 0. The minimum atomic E-state index is -1.48. The molecule has 0 aromatic heterocycles. The highest BCUT2D eigenvalue weighted by Gasteiger charge is 2.29. The van der Waals surface area contributed by atoms with Crippen LogP contribution in [0.15, 0.2) is 54.6 Å². The predicted octanol–water partition coefficient (Wildman–Crippen LogP) is 5.93. The van der Waals surface area contributed by atoms with E-state index in [0.717, 1.165) is 0 Å². The summed E-state index contributed by atoms with van der Waals surface area (Å²) in [6, 6.07) is 20.3. The first-order valence-corrected chi connectivity index (χ1v) is 12.7. The molecule has 1 heteroatoms. The molecule has 0 heterocycles. The van der Waals surface area contributed by atoms with Gasteiger partial charge in [-0.1, -0.05) is 74.2 Å². The Kier molecular flexibility index (Phi) is 3.84. The fourth-order valence-corrected chi connectivity index (χ4v) is 6.50. The van der Waals surface area contributed by atoms with E-state index in [1.54, 1.807) is 21.9 Å². The van der Waals surface area contributed by atoms with Gasteiger partial charge in [-0.05, 0) is 63.9 Å². The molecule has 0 fully saturated rings. The van der Waals surface area contributed by atoms with Crippen molar-refractivity contribution < 1.29 is 0 Å². The van der Waals surface area contributed by atoms with Gasteiger partial charge in [0.25, 0.3) is 0 Å². The van der Waals surface area contributed by atoms with Crippen LogP contribution in [0.5, 0.6) is 0 Å². The highest BCUT2D eigenvalue weighted by Crippen LogP contribution is 2.37. The standard InChI is InChI=1S/C23H26Si/c1-24(2,3)23-21-16-10-8-14-19(21)18-13-7-9-15-20(18)22(23)17-11-5-4-6-12-17/h4-6,8,10-12,14,16H,7,9,13,15H2,1-3H3. The molecule has 1 aliphatic rings. The topological polar surface area (TPSA) is 0 Å². The Morgan fingerprint density at radius 3 is 1.92 bits per heavy atom. The van der Waals surface area contributed by atoms with Gasteiger partial charge in [-0.15, -0.1) is 0 Å². The van der Waals surface area contributed by atoms with E-state index >= 15 is 0 Å². The van der Waals surface area contributed by atoms with E-state index in [-0.39, 0.29) is 0 Å². The SMILES string of the molecule is C[Si](C)(C)c1c(-c2ccccc2)c2c(c3ccccc13)CCCC2. The third-order valence-corrected chi connectivity index (χ3v) is 7.37. The maximum atomic E-state index is 2.50. The van der Waals surface area contributed by atoms with Crippen molar-refractivity contribution in [2.45, 2.75) is 45.3 Å². The van der Waals surface area contributed by atoms with Crippen molar-refractivity contribution in [3.05, 3.63) is 65.7 Å². The summed E-state index contributed by atoms with van der Waals surface area (Å²) >= 11 is 0. The van der Waals surface area contributed by atoms with E-state index in [1.165, 1.54) is 42.0 Å². The van der Waals surface area contributed by atoms with Crippen LogP contribution in [-0.4, -0.2) is 8.07 Å². The number of hydrogen-bond donors (Lipinski definition) is 0. The third kappa shape index (κ3) is 2.52. The van der Waals surface area contributed by atoms with Crippen molar-refractivity contribution >= 4 is 24.0 Å². The maximum absolute atomic E-state index is 2.50. The molecule has 0 N–H and O–H groups in total. The Balaban J connectivity index is 2.20. The van der Waals surface area contributed by atoms with Crippen LogP contribution >= 0.6 is 0 Å². The lowest BCUT2D eigenvalue weighted by atomic mass is 9.82. The van der Waals surface area contributed by atoms with E-state index in [1.807, 2.05) is 0 Å². The zero-order chi connectivity index (χ0) is 16.7. The summed E-state index contributed by atoms with van der Waals surface area (Å²) in [6.45, 7) is 7.49. The van der Waals surface area contributed by atoms with Crippen molar-refractivity contribution in [1.82, 2.24) is 0 Å². The molecule has 0 bridgehead atoms. The van der Waals surface area contributed by atoms with Crippen molar-refractivity contribution in [3.8, 4) is 11.1 Å². The normalized spacial score (nSPS) is 14.6.